The molecule has 1 heterocycles. The number of fused-ring (bicyclic) bond motifs is 3. The highest BCUT2D eigenvalue weighted by Crippen LogP contribution is 2.44. The van der Waals surface area contributed by atoms with Crippen molar-refractivity contribution in [1.82, 2.24) is 15.5 Å². The van der Waals surface area contributed by atoms with Crippen molar-refractivity contribution < 1.29 is 71.9 Å². The van der Waals surface area contributed by atoms with Crippen molar-refractivity contribution in [3.8, 4) is 11.1 Å². The van der Waals surface area contributed by atoms with E-state index < -0.39 is 98.0 Å². The van der Waals surface area contributed by atoms with Gasteiger partial charge in [-0.3, -0.25) is 33.6 Å². The van der Waals surface area contributed by atoms with Crippen LogP contribution in [-0.4, -0.2) is 121 Å². The number of hydrogen-bond acceptors (Lipinski definition) is 14. The minimum Gasteiger partial charge on any atom is -0.480 e. The number of aliphatic carboxylic acids is 1. The Morgan fingerprint density at radius 2 is 1.28 bits per heavy atom. The first-order valence-corrected chi connectivity index (χ1v) is 16.8. The minimum atomic E-state index is -1.64. The van der Waals surface area contributed by atoms with E-state index >= 15 is 0 Å². The minimum absolute atomic E-state index is 0.0248. The largest absolute Gasteiger partial charge is 0.480 e. The summed E-state index contributed by atoms with van der Waals surface area (Å²) in [5.74, 6) is -7.00. The quantitative estimate of drug-likeness (QED) is 0.131. The van der Waals surface area contributed by atoms with Gasteiger partial charge in [0.1, 0.15) is 32.3 Å². The summed E-state index contributed by atoms with van der Waals surface area (Å²) in [6, 6.07) is 15.6. The van der Waals surface area contributed by atoms with Gasteiger partial charge in [0, 0.05) is 46.7 Å². The Hall–Kier alpha value is -6.04. The summed E-state index contributed by atoms with van der Waals surface area (Å²) in [5.41, 5.74) is 4.10. The van der Waals surface area contributed by atoms with Crippen LogP contribution in [0.3, 0.4) is 0 Å². The summed E-state index contributed by atoms with van der Waals surface area (Å²) in [6.45, 7) is 2.29. The molecule has 3 N–H and O–H groups in total. The van der Waals surface area contributed by atoms with Crippen LogP contribution in [0, 0.1) is 0 Å². The van der Waals surface area contributed by atoms with Crippen molar-refractivity contribution in [2.75, 3.05) is 32.8 Å². The van der Waals surface area contributed by atoms with Gasteiger partial charge in [-0.25, -0.2) is 4.79 Å². The smallest absolute Gasteiger partial charge is 0.407 e. The standard InChI is InChI=1S/C36H41N3O15/c1-19(40)49-18-28-32(51-20(2)41)33(52-21(3)42)34(53-22(4)43)35(54-28)38-29(44)15-30(45)39(16-31(46)47)14-13-37-36(48)50-17-27-25-11-7-5-9-23(25)24-10-6-8-12-26(24)27/h5-12,27-28,32-35H,13-18H2,1-4H3,(H,37,48)(H,38,44)(H,46,47)/t28-,32+,33+,34-,35-/m1/s1. The number of nitrogens with one attached hydrogen (secondary N) is 2. The topological polar surface area (TPSA) is 239 Å². The van der Waals surface area contributed by atoms with Crippen molar-refractivity contribution in [3.63, 3.8) is 0 Å². The number of rotatable bonds is 15. The normalized spacial score (nSPS) is 19.9. The molecule has 0 aromatic heterocycles. The molecule has 0 radical (unpaired) electrons. The molecule has 1 saturated heterocycles. The molecule has 0 unspecified atom stereocenters. The molecule has 290 valence electrons. The van der Waals surface area contributed by atoms with Gasteiger partial charge in [0.15, 0.2) is 24.5 Å². The number of ether oxygens (including phenoxy) is 6. The fourth-order valence-electron chi connectivity index (χ4n) is 6.20. The highest BCUT2D eigenvalue weighted by atomic mass is 16.7. The molecule has 18 heteroatoms. The van der Waals surface area contributed by atoms with Gasteiger partial charge in [0.2, 0.25) is 11.8 Å². The first-order valence-electron chi connectivity index (χ1n) is 16.8. The molecule has 54 heavy (non-hydrogen) atoms. The number of carbonyl (C=O) groups is 8. The van der Waals surface area contributed by atoms with Gasteiger partial charge >= 0.3 is 35.9 Å². The molecule has 0 bridgehead atoms. The average Bonchev–Trinajstić information content (AvgIpc) is 3.41. The van der Waals surface area contributed by atoms with E-state index in [1.54, 1.807) is 0 Å². The number of alkyl carbamates (subject to hydrolysis) is 1. The second-order valence-electron chi connectivity index (χ2n) is 12.3. The van der Waals surface area contributed by atoms with Crippen molar-refractivity contribution in [2.45, 2.75) is 70.7 Å². The molecule has 1 aliphatic heterocycles. The first-order chi connectivity index (χ1) is 25.6. The SMILES string of the molecule is CC(=O)OC[C@H]1O[C@@H](NC(=O)CC(=O)N(CCNC(=O)OCC2c3ccccc3-c3ccccc32)CC(=O)O)[C@H](OC(C)=O)[C@@H](OC(C)=O)[C@H]1OC(C)=O. The number of nitrogens with zero attached hydrogens (tertiary/aromatic N) is 1. The lowest BCUT2D eigenvalue weighted by molar-refractivity contribution is -0.257. The van der Waals surface area contributed by atoms with E-state index in [0.29, 0.717) is 0 Å². The van der Waals surface area contributed by atoms with Crippen LogP contribution in [0.15, 0.2) is 48.5 Å². The highest BCUT2D eigenvalue weighted by Gasteiger charge is 2.52. The summed E-state index contributed by atoms with van der Waals surface area (Å²) in [7, 11) is 0. The van der Waals surface area contributed by atoms with E-state index in [2.05, 4.69) is 10.6 Å². The second kappa shape index (κ2) is 18.6. The molecule has 0 spiro atoms. The van der Waals surface area contributed by atoms with Gasteiger partial charge in [0.05, 0.1) is 0 Å². The van der Waals surface area contributed by atoms with Crippen LogP contribution >= 0.6 is 0 Å². The predicted octanol–water partition coefficient (Wildman–Crippen LogP) is 1.03. The molecule has 2 aromatic rings. The molecule has 18 nitrogen and oxygen atoms in total. The maximum atomic E-state index is 13.2. The van der Waals surface area contributed by atoms with Crippen molar-refractivity contribution >= 4 is 47.8 Å². The Morgan fingerprint density at radius 3 is 1.83 bits per heavy atom. The Labute approximate surface area is 309 Å². The Balaban J connectivity index is 1.39. The third kappa shape index (κ3) is 11.0. The zero-order chi connectivity index (χ0) is 39.5. The number of esters is 4. The van der Waals surface area contributed by atoms with E-state index in [-0.39, 0.29) is 25.6 Å². The van der Waals surface area contributed by atoms with Crippen LogP contribution in [0.1, 0.15) is 51.2 Å². The number of hydrogen-bond donors (Lipinski definition) is 3. The Kier molecular flexibility index (Phi) is 14.1. The molecule has 2 aliphatic rings. The van der Waals surface area contributed by atoms with Crippen LogP contribution in [0.5, 0.6) is 0 Å². The van der Waals surface area contributed by atoms with E-state index in [0.717, 1.165) is 54.8 Å². The highest BCUT2D eigenvalue weighted by molar-refractivity contribution is 5.98. The summed E-state index contributed by atoms with van der Waals surface area (Å²) >= 11 is 0. The number of amides is 3. The molecule has 4 rings (SSSR count). The molecule has 2 aromatic carbocycles. The third-order valence-corrected chi connectivity index (χ3v) is 8.28. The zero-order valence-corrected chi connectivity index (χ0v) is 29.9. The van der Waals surface area contributed by atoms with Gasteiger partial charge in [0.25, 0.3) is 0 Å². The summed E-state index contributed by atoms with van der Waals surface area (Å²) < 4.78 is 32.2. The summed E-state index contributed by atoms with van der Waals surface area (Å²) in [4.78, 5) is 99.0. The fraction of sp³-hybridized carbons (Fsp3) is 0.444. The van der Waals surface area contributed by atoms with Crippen LogP contribution in [0.2, 0.25) is 0 Å². The zero-order valence-electron chi connectivity index (χ0n) is 29.9. The van der Waals surface area contributed by atoms with E-state index in [1.165, 1.54) is 0 Å². The van der Waals surface area contributed by atoms with Crippen LogP contribution < -0.4 is 10.6 Å². The van der Waals surface area contributed by atoms with Crippen LogP contribution in [0.4, 0.5) is 4.79 Å². The predicted molar refractivity (Wildman–Crippen MR) is 182 cm³/mol. The third-order valence-electron chi connectivity index (χ3n) is 8.28. The van der Waals surface area contributed by atoms with Crippen molar-refractivity contribution in [3.05, 3.63) is 59.7 Å². The van der Waals surface area contributed by atoms with Gasteiger partial charge in [-0.05, 0) is 22.3 Å². The van der Waals surface area contributed by atoms with E-state index in [4.69, 9.17) is 28.4 Å². The van der Waals surface area contributed by atoms with E-state index in [1.807, 2.05) is 48.5 Å². The van der Waals surface area contributed by atoms with Crippen LogP contribution in [-0.2, 0) is 62.0 Å². The van der Waals surface area contributed by atoms with Crippen molar-refractivity contribution in [2.24, 2.45) is 0 Å². The number of carboxylic acids is 1. The molecule has 5 atom stereocenters. The first kappa shape index (κ1) is 40.7. The number of carboxylic acid groups (broad SMARTS) is 1. The van der Waals surface area contributed by atoms with E-state index in [9.17, 15) is 43.5 Å². The van der Waals surface area contributed by atoms with Gasteiger partial charge < -0.3 is 49.1 Å². The van der Waals surface area contributed by atoms with Gasteiger partial charge in [-0.2, -0.15) is 0 Å². The molecular formula is C36H41N3O15. The maximum Gasteiger partial charge on any atom is 0.407 e. The van der Waals surface area contributed by atoms with Gasteiger partial charge in [-0.1, -0.05) is 48.5 Å². The second-order valence-corrected chi connectivity index (χ2v) is 12.3. The molecule has 1 aliphatic carbocycles. The number of carbonyl (C=O) groups excluding carboxylic acids is 7. The lowest BCUT2D eigenvalue weighted by Crippen LogP contribution is -2.66. The molecular weight excluding hydrogens is 714 g/mol. The summed E-state index contributed by atoms with van der Waals surface area (Å²) in [6.07, 6.45) is -9.42. The van der Waals surface area contributed by atoms with Crippen molar-refractivity contribution in [1.29, 1.82) is 0 Å². The van der Waals surface area contributed by atoms with Crippen LogP contribution in [0.25, 0.3) is 11.1 Å². The lowest BCUT2D eigenvalue weighted by Gasteiger charge is -2.44. The molecule has 1 fully saturated rings. The Bertz CT molecular complexity index is 1720. The average molecular weight is 756 g/mol. The summed E-state index contributed by atoms with van der Waals surface area (Å²) in [5, 5.41) is 14.3. The fourth-order valence-corrected chi connectivity index (χ4v) is 6.20. The maximum absolute atomic E-state index is 13.2. The lowest BCUT2D eigenvalue weighted by atomic mass is 9.97. The molecule has 0 saturated carbocycles. The molecule has 3 amide bonds. The Morgan fingerprint density at radius 1 is 0.722 bits per heavy atom. The monoisotopic (exact) mass is 755 g/mol. The van der Waals surface area contributed by atoms with Gasteiger partial charge in [-0.15, -0.1) is 0 Å². The number of benzene rings is 2.